The molecule has 0 aliphatic carbocycles. The summed E-state index contributed by atoms with van der Waals surface area (Å²) in [7, 11) is 3.40. The van der Waals surface area contributed by atoms with Crippen LogP contribution in [-0.4, -0.2) is 18.8 Å². The Morgan fingerprint density at radius 2 is 1.81 bits per heavy atom. The summed E-state index contributed by atoms with van der Waals surface area (Å²) >= 11 is 3.52. The molecule has 108 valence electrons. The van der Waals surface area contributed by atoms with Gasteiger partial charge in [0.2, 0.25) is 0 Å². The molecular formula is C17H16BrNO2. The fourth-order valence-electron chi connectivity index (χ4n) is 2.57. The highest BCUT2D eigenvalue weighted by Gasteiger charge is 2.09. The Morgan fingerprint density at radius 1 is 1.00 bits per heavy atom. The van der Waals surface area contributed by atoms with E-state index in [9.17, 15) is 0 Å². The van der Waals surface area contributed by atoms with Crippen molar-refractivity contribution >= 4 is 26.8 Å². The molecule has 0 aliphatic rings. The zero-order valence-electron chi connectivity index (χ0n) is 12.0. The van der Waals surface area contributed by atoms with Crippen LogP contribution in [0.2, 0.25) is 0 Å². The highest BCUT2D eigenvalue weighted by atomic mass is 79.9. The first-order valence-corrected chi connectivity index (χ1v) is 7.46. The van der Waals surface area contributed by atoms with Gasteiger partial charge in [-0.1, -0.05) is 22.0 Å². The Bertz CT molecular complexity index is 780. The number of fused-ring (bicyclic) bond motifs is 1. The highest BCUT2D eigenvalue weighted by Crippen LogP contribution is 2.29. The van der Waals surface area contributed by atoms with Gasteiger partial charge in [-0.15, -0.1) is 0 Å². The standard InChI is InChI=1S/C17H16BrNO2/c1-20-16-7-6-13(18)10-12(16)11-19-9-8-14-15(19)4-3-5-17(14)21-2/h3-10H,11H2,1-2H3. The zero-order chi connectivity index (χ0) is 14.8. The Labute approximate surface area is 132 Å². The quantitative estimate of drug-likeness (QED) is 0.696. The van der Waals surface area contributed by atoms with E-state index in [1.807, 2.05) is 24.3 Å². The van der Waals surface area contributed by atoms with E-state index in [4.69, 9.17) is 9.47 Å². The summed E-state index contributed by atoms with van der Waals surface area (Å²) in [6, 6.07) is 14.2. The number of ether oxygens (including phenoxy) is 2. The zero-order valence-corrected chi connectivity index (χ0v) is 13.6. The van der Waals surface area contributed by atoms with Crippen molar-refractivity contribution in [1.82, 2.24) is 4.57 Å². The number of aromatic nitrogens is 1. The SMILES string of the molecule is COc1ccc(Br)cc1Cn1ccc2c(OC)cccc21. The number of nitrogens with zero attached hydrogens (tertiary/aromatic N) is 1. The Balaban J connectivity index is 2.05. The molecule has 3 aromatic rings. The maximum absolute atomic E-state index is 5.45. The van der Waals surface area contributed by atoms with Gasteiger partial charge in [-0.3, -0.25) is 0 Å². The molecule has 21 heavy (non-hydrogen) atoms. The summed E-state index contributed by atoms with van der Waals surface area (Å²) in [6.45, 7) is 0.749. The lowest BCUT2D eigenvalue weighted by Crippen LogP contribution is -2.00. The monoisotopic (exact) mass is 345 g/mol. The van der Waals surface area contributed by atoms with Gasteiger partial charge in [0.25, 0.3) is 0 Å². The van der Waals surface area contributed by atoms with E-state index in [1.165, 1.54) is 0 Å². The smallest absolute Gasteiger partial charge is 0.128 e. The average molecular weight is 346 g/mol. The molecular weight excluding hydrogens is 330 g/mol. The van der Waals surface area contributed by atoms with Crippen LogP contribution in [0.5, 0.6) is 11.5 Å². The second-order valence-corrected chi connectivity index (χ2v) is 5.71. The third-order valence-electron chi connectivity index (χ3n) is 3.58. The predicted octanol–water partition coefficient (Wildman–Crippen LogP) is 4.47. The summed E-state index contributed by atoms with van der Waals surface area (Å²) < 4.78 is 14.1. The average Bonchev–Trinajstić information content (AvgIpc) is 2.91. The molecule has 4 heteroatoms. The first-order valence-electron chi connectivity index (χ1n) is 6.67. The second kappa shape index (κ2) is 5.82. The molecule has 3 nitrogen and oxygen atoms in total. The van der Waals surface area contributed by atoms with Gasteiger partial charge in [-0.2, -0.15) is 0 Å². The predicted molar refractivity (Wildman–Crippen MR) is 88.3 cm³/mol. The third-order valence-corrected chi connectivity index (χ3v) is 4.07. The van der Waals surface area contributed by atoms with Crippen molar-refractivity contribution < 1.29 is 9.47 Å². The Morgan fingerprint density at radius 3 is 2.57 bits per heavy atom. The lowest BCUT2D eigenvalue weighted by Gasteiger charge is -2.11. The molecule has 1 aromatic heterocycles. The van der Waals surface area contributed by atoms with Crippen molar-refractivity contribution in [2.45, 2.75) is 6.54 Å². The summed E-state index contributed by atoms with van der Waals surface area (Å²) in [4.78, 5) is 0. The number of rotatable bonds is 4. The largest absolute Gasteiger partial charge is 0.496 e. The van der Waals surface area contributed by atoms with Gasteiger partial charge in [0.05, 0.1) is 26.3 Å². The van der Waals surface area contributed by atoms with Crippen LogP contribution in [0.1, 0.15) is 5.56 Å². The van der Waals surface area contributed by atoms with Gasteiger partial charge in [-0.05, 0) is 36.4 Å². The molecule has 3 rings (SSSR count). The maximum Gasteiger partial charge on any atom is 0.128 e. The van der Waals surface area contributed by atoms with Crippen molar-refractivity contribution in [2.24, 2.45) is 0 Å². The van der Waals surface area contributed by atoms with Crippen molar-refractivity contribution in [3.8, 4) is 11.5 Å². The number of benzene rings is 2. The third kappa shape index (κ3) is 2.63. The Kier molecular flexibility index (Phi) is 3.88. The maximum atomic E-state index is 5.45. The summed E-state index contributed by atoms with van der Waals surface area (Å²) in [5, 5.41) is 1.12. The minimum absolute atomic E-state index is 0.749. The van der Waals surface area contributed by atoms with E-state index >= 15 is 0 Å². The Hall–Kier alpha value is -1.94. The van der Waals surface area contributed by atoms with Gasteiger partial charge in [0, 0.05) is 21.6 Å². The minimum atomic E-state index is 0.749. The number of hydrogen-bond donors (Lipinski definition) is 0. The van der Waals surface area contributed by atoms with E-state index in [2.05, 4.69) is 44.9 Å². The first-order chi connectivity index (χ1) is 10.2. The van der Waals surface area contributed by atoms with E-state index in [0.29, 0.717) is 0 Å². The van der Waals surface area contributed by atoms with Crippen LogP contribution in [0.25, 0.3) is 10.9 Å². The topological polar surface area (TPSA) is 23.4 Å². The second-order valence-electron chi connectivity index (χ2n) is 4.79. The molecule has 0 fully saturated rings. The molecule has 1 heterocycles. The number of halogens is 1. The molecule has 0 radical (unpaired) electrons. The molecule has 0 N–H and O–H groups in total. The fourth-order valence-corrected chi connectivity index (χ4v) is 2.97. The van der Waals surface area contributed by atoms with E-state index < -0.39 is 0 Å². The van der Waals surface area contributed by atoms with Crippen molar-refractivity contribution in [2.75, 3.05) is 14.2 Å². The van der Waals surface area contributed by atoms with Crippen LogP contribution >= 0.6 is 15.9 Å². The van der Waals surface area contributed by atoms with E-state index in [0.717, 1.165) is 39.0 Å². The molecule has 2 aromatic carbocycles. The number of hydrogen-bond acceptors (Lipinski definition) is 2. The van der Waals surface area contributed by atoms with Crippen LogP contribution < -0.4 is 9.47 Å². The number of methoxy groups -OCH3 is 2. The molecule has 0 aliphatic heterocycles. The molecule has 0 bridgehead atoms. The molecule has 0 unspecified atom stereocenters. The van der Waals surface area contributed by atoms with Crippen LogP contribution in [0.4, 0.5) is 0 Å². The van der Waals surface area contributed by atoms with Crippen LogP contribution in [-0.2, 0) is 6.54 Å². The lowest BCUT2D eigenvalue weighted by atomic mass is 10.2. The van der Waals surface area contributed by atoms with Gasteiger partial charge in [0.15, 0.2) is 0 Å². The lowest BCUT2D eigenvalue weighted by molar-refractivity contribution is 0.408. The summed E-state index contributed by atoms with van der Waals surface area (Å²) in [6.07, 6.45) is 2.08. The van der Waals surface area contributed by atoms with Gasteiger partial charge >= 0.3 is 0 Å². The normalized spacial score (nSPS) is 10.8. The highest BCUT2D eigenvalue weighted by molar-refractivity contribution is 9.10. The molecule has 0 spiro atoms. The van der Waals surface area contributed by atoms with Crippen molar-refractivity contribution in [3.05, 3.63) is 58.7 Å². The minimum Gasteiger partial charge on any atom is -0.496 e. The summed E-state index contributed by atoms with van der Waals surface area (Å²) in [5.41, 5.74) is 2.28. The van der Waals surface area contributed by atoms with E-state index in [-0.39, 0.29) is 0 Å². The molecule has 0 saturated heterocycles. The van der Waals surface area contributed by atoms with Crippen LogP contribution in [0.15, 0.2) is 53.1 Å². The van der Waals surface area contributed by atoms with Gasteiger partial charge in [-0.25, -0.2) is 0 Å². The fraction of sp³-hybridized carbons (Fsp3) is 0.176. The van der Waals surface area contributed by atoms with Crippen LogP contribution in [0.3, 0.4) is 0 Å². The van der Waals surface area contributed by atoms with Crippen LogP contribution in [0, 0.1) is 0 Å². The molecule has 0 saturated carbocycles. The van der Waals surface area contributed by atoms with Gasteiger partial charge < -0.3 is 14.0 Å². The molecule has 0 atom stereocenters. The van der Waals surface area contributed by atoms with Crippen molar-refractivity contribution in [3.63, 3.8) is 0 Å². The van der Waals surface area contributed by atoms with E-state index in [1.54, 1.807) is 14.2 Å². The first kappa shape index (κ1) is 14.0. The summed E-state index contributed by atoms with van der Waals surface area (Å²) in [5.74, 6) is 1.79. The van der Waals surface area contributed by atoms with Crippen molar-refractivity contribution in [1.29, 1.82) is 0 Å². The molecule has 0 amide bonds. The van der Waals surface area contributed by atoms with Gasteiger partial charge in [0.1, 0.15) is 11.5 Å².